The number of hydrogen-bond acceptors (Lipinski definition) is 2. The summed E-state index contributed by atoms with van der Waals surface area (Å²) in [6, 6.07) is 10.2. The highest BCUT2D eigenvalue weighted by atomic mass is 35.5. The number of ether oxygens (including phenoxy) is 1. The standard InChI is InChI=1S/C17H16ClF2NO2/c1-2-21(10-12-5-3-4-6-14(12)18)17(22)11-23-16-8-7-13(19)9-15(16)20/h3-9H,2,10-11H2,1H3. The summed E-state index contributed by atoms with van der Waals surface area (Å²) < 4.78 is 31.4. The number of hydrogen-bond donors (Lipinski definition) is 0. The van der Waals surface area contributed by atoms with Crippen molar-refractivity contribution in [2.24, 2.45) is 0 Å². The smallest absolute Gasteiger partial charge is 0.260 e. The van der Waals surface area contributed by atoms with Gasteiger partial charge in [0.25, 0.3) is 5.91 Å². The molecule has 3 nitrogen and oxygen atoms in total. The fraction of sp³-hybridized carbons (Fsp3) is 0.235. The minimum absolute atomic E-state index is 0.159. The molecule has 0 radical (unpaired) electrons. The van der Waals surface area contributed by atoms with Gasteiger partial charge in [-0.3, -0.25) is 4.79 Å². The minimum Gasteiger partial charge on any atom is -0.481 e. The zero-order valence-corrected chi connectivity index (χ0v) is 13.3. The molecule has 2 aromatic carbocycles. The zero-order valence-electron chi connectivity index (χ0n) is 12.6. The SMILES string of the molecule is CCN(Cc1ccccc1Cl)C(=O)COc1ccc(F)cc1F. The second-order valence-corrected chi connectivity index (χ2v) is 5.27. The number of amides is 1. The fourth-order valence-electron chi connectivity index (χ4n) is 2.03. The summed E-state index contributed by atoms with van der Waals surface area (Å²) in [5.74, 6) is -2.01. The van der Waals surface area contributed by atoms with Crippen molar-refractivity contribution in [1.82, 2.24) is 4.90 Å². The molecule has 0 aliphatic heterocycles. The van der Waals surface area contributed by atoms with Gasteiger partial charge in [0, 0.05) is 24.2 Å². The quantitative estimate of drug-likeness (QED) is 0.794. The van der Waals surface area contributed by atoms with Gasteiger partial charge in [-0.15, -0.1) is 0 Å². The van der Waals surface area contributed by atoms with Crippen LogP contribution < -0.4 is 4.74 Å². The van der Waals surface area contributed by atoms with E-state index < -0.39 is 11.6 Å². The molecule has 0 spiro atoms. The Bertz CT molecular complexity index is 694. The normalized spacial score (nSPS) is 10.4. The average molecular weight is 340 g/mol. The van der Waals surface area contributed by atoms with E-state index in [1.807, 2.05) is 25.1 Å². The van der Waals surface area contributed by atoms with E-state index in [-0.39, 0.29) is 18.3 Å². The lowest BCUT2D eigenvalue weighted by Gasteiger charge is -2.21. The van der Waals surface area contributed by atoms with Crippen LogP contribution in [0.1, 0.15) is 12.5 Å². The van der Waals surface area contributed by atoms with Crippen molar-refractivity contribution in [3.8, 4) is 5.75 Å². The summed E-state index contributed by atoms with van der Waals surface area (Å²) in [5, 5.41) is 0.573. The Hall–Kier alpha value is -2.14. The van der Waals surface area contributed by atoms with E-state index in [0.29, 0.717) is 24.2 Å². The van der Waals surface area contributed by atoms with Gasteiger partial charge < -0.3 is 9.64 Å². The van der Waals surface area contributed by atoms with Crippen LogP contribution in [0.15, 0.2) is 42.5 Å². The fourth-order valence-corrected chi connectivity index (χ4v) is 2.23. The van der Waals surface area contributed by atoms with Gasteiger partial charge in [-0.05, 0) is 30.7 Å². The molecule has 1 amide bonds. The first-order chi connectivity index (χ1) is 11.0. The molecule has 0 saturated heterocycles. The summed E-state index contributed by atoms with van der Waals surface area (Å²) in [6.45, 7) is 2.29. The van der Waals surface area contributed by atoms with E-state index in [1.165, 1.54) is 0 Å². The Morgan fingerprint density at radius 3 is 2.61 bits per heavy atom. The van der Waals surface area contributed by atoms with E-state index in [9.17, 15) is 13.6 Å². The highest BCUT2D eigenvalue weighted by Crippen LogP contribution is 2.19. The molecule has 0 atom stereocenters. The Morgan fingerprint density at radius 1 is 1.22 bits per heavy atom. The second kappa shape index (κ2) is 7.92. The van der Waals surface area contributed by atoms with Crippen LogP contribution in [0.2, 0.25) is 5.02 Å². The van der Waals surface area contributed by atoms with Gasteiger partial charge in [0.15, 0.2) is 18.2 Å². The molecule has 23 heavy (non-hydrogen) atoms. The zero-order chi connectivity index (χ0) is 16.8. The lowest BCUT2D eigenvalue weighted by molar-refractivity contribution is -0.133. The molecule has 0 N–H and O–H groups in total. The van der Waals surface area contributed by atoms with Crippen LogP contribution in [0.3, 0.4) is 0 Å². The molecule has 2 rings (SSSR count). The molecule has 0 aliphatic carbocycles. The van der Waals surface area contributed by atoms with Crippen LogP contribution in [-0.2, 0) is 11.3 Å². The van der Waals surface area contributed by atoms with Gasteiger partial charge in [0.05, 0.1) is 0 Å². The van der Waals surface area contributed by atoms with E-state index in [2.05, 4.69) is 0 Å². The molecule has 0 saturated carbocycles. The first-order valence-electron chi connectivity index (χ1n) is 7.10. The van der Waals surface area contributed by atoms with Crippen molar-refractivity contribution in [3.05, 3.63) is 64.7 Å². The third-order valence-corrected chi connectivity index (χ3v) is 3.67. The Kier molecular flexibility index (Phi) is 5.93. The summed E-state index contributed by atoms with van der Waals surface area (Å²) in [5.41, 5.74) is 0.817. The Balaban J connectivity index is 1.99. The number of carbonyl (C=O) groups is 1. The number of benzene rings is 2. The number of nitrogens with zero attached hydrogens (tertiary/aromatic N) is 1. The van der Waals surface area contributed by atoms with Gasteiger partial charge in [-0.1, -0.05) is 29.8 Å². The molecule has 0 fully saturated rings. The lowest BCUT2D eigenvalue weighted by atomic mass is 10.2. The molecular weight excluding hydrogens is 324 g/mol. The van der Waals surface area contributed by atoms with Gasteiger partial charge in [-0.25, -0.2) is 8.78 Å². The second-order valence-electron chi connectivity index (χ2n) is 4.86. The highest BCUT2D eigenvalue weighted by molar-refractivity contribution is 6.31. The van der Waals surface area contributed by atoms with E-state index in [0.717, 1.165) is 17.7 Å². The van der Waals surface area contributed by atoms with Crippen molar-refractivity contribution in [2.75, 3.05) is 13.2 Å². The largest absolute Gasteiger partial charge is 0.481 e. The maximum atomic E-state index is 13.5. The lowest BCUT2D eigenvalue weighted by Crippen LogP contribution is -2.34. The van der Waals surface area contributed by atoms with Crippen LogP contribution >= 0.6 is 11.6 Å². The van der Waals surface area contributed by atoms with Crippen molar-refractivity contribution in [2.45, 2.75) is 13.5 Å². The number of rotatable bonds is 6. The number of halogens is 3. The molecule has 2 aromatic rings. The van der Waals surface area contributed by atoms with Gasteiger partial charge in [-0.2, -0.15) is 0 Å². The summed E-state index contributed by atoms with van der Waals surface area (Å²) in [7, 11) is 0. The minimum atomic E-state index is -0.841. The third-order valence-electron chi connectivity index (χ3n) is 3.30. The van der Waals surface area contributed by atoms with Crippen LogP contribution in [0.5, 0.6) is 5.75 Å². The van der Waals surface area contributed by atoms with Gasteiger partial charge in [0.2, 0.25) is 0 Å². The maximum absolute atomic E-state index is 13.5. The first kappa shape index (κ1) is 17.2. The molecule has 0 aliphatic rings. The number of likely N-dealkylation sites (N-methyl/N-ethyl adjacent to an activating group) is 1. The van der Waals surface area contributed by atoms with Crippen LogP contribution in [-0.4, -0.2) is 24.0 Å². The summed E-state index contributed by atoms with van der Waals surface area (Å²) in [4.78, 5) is 13.7. The maximum Gasteiger partial charge on any atom is 0.260 e. The molecular formula is C17H16ClF2NO2. The molecule has 0 unspecified atom stereocenters. The van der Waals surface area contributed by atoms with Crippen LogP contribution in [0, 0.1) is 11.6 Å². The highest BCUT2D eigenvalue weighted by Gasteiger charge is 2.15. The van der Waals surface area contributed by atoms with Crippen LogP contribution in [0.4, 0.5) is 8.78 Å². The van der Waals surface area contributed by atoms with Crippen molar-refractivity contribution >= 4 is 17.5 Å². The summed E-state index contributed by atoms with van der Waals surface area (Å²) >= 11 is 6.08. The third kappa shape index (κ3) is 4.66. The summed E-state index contributed by atoms with van der Waals surface area (Å²) in [6.07, 6.45) is 0. The first-order valence-corrected chi connectivity index (χ1v) is 7.48. The molecule has 122 valence electrons. The molecule has 6 heteroatoms. The average Bonchev–Trinajstić information content (AvgIpc) is 2.53. The predicted molar refractivity (Wildman–Crippen MR) is 84.4 cm³/mol. The van der Waals surface area contributed by atoms with E-state index in [4.69, 9.17) is 16.3 Å². The topological polar surface area (TPSA) is 29.5 Å². The Morgan fingerprint density at radius 2 is 1.96 bits per heavy atom. The number of carbonyl (C=O) groups excluding carboxylic acids is 1. The van der Waals surface area contributed by atoms with Crippen LogP contribution in [0.25, 0.3) is 0 Å². The molecule has 0 heterocycles. The predicted octanol–water partition coefficient (Wildman–Crippen LogP) is 4.05. The van der Waals surface area contributed by atoms with Crippen molar-refractivity contribution in [1.29, 1.82) is 0 Å². The molecule has 0 aromatic heterocycles. The Labute approximate surface area is 138 Å². The van der Waals surface area contributed by atoms with Crippen molar-refractivity contribution in [3.63, 3.8) is 0 Å². The van der Waals surface area contributed by atoms with E-state index in [1.54, 1.807) is 11.0 Å². The van der Waals surface area contributed by atoms with E-state index >= 15 is 0 Å². The van der Waals surface area contributed by atoms with Crippen molar-refractivity contribution < 1.29 is 18.3 Å². The van der Waals surface area contributed by atoms with Gasteiger partial charge >= 0.3 is 0 Å². The van der Waals surface area contributed by atoms with Gasteiger partial charge in [0.1, 0.15) is 5.82 Å². The monoisotopic (exact) mass is 339 g/mol. The molecule has 0 bridgehead atoms.